The molecule has 0 bridgehead atoms. The van der Waals surface area contributed by atoms with Crippen molar-refractivity contribution in [3.05, 3.63) is 22.4 Å². The molecule has 0 amide bonds. The second-order valence-corrected chi connectivity index (χ2v) is 5.27. The number of rotatable bonds is 4. The molecule has 1 aromatic rings. The van der Waals surface area contributed by atoms with Crippen molar-refractivity contribution >= 4 is 11.3 Å². The lowest BCUT2D eigenvalue weighted by atomic mass is 10.0. The first-order chi connectivity index (χ1) is 7.36. The first kappa shape index (κ1) is 11.1. The number of thiophene rings is 1. The van der Waals surface area contributed by atoms with E-state index in [2.05, 4.69) is 35.1 Å². The van der Waals surface area contributed by atoms with Crippen LogP contribution >= 0.6 is 11.3 Å². The van der Waals surface area contributed by atoms with Gasteiger partial charge in [-0.25, -0.2) is 0 Å². The first-order valence-corrected chi connectivity index (χ1v) is 6.74. The summed E-state index contributed by atoms with van der Waals surface area (Å²) in [5.41, 5.74) is 0. The molecule has 1 aliphatic rings. The highest BCUT2D eigenvalue weighted by atomic mass is 32.1. The maximum atomic E-state index is 3.60. The van der Waals surface area contributed by atoms with Gasteiger partial charge in [-0.3, -0.25) is 0 Å². The van der Waals surface area contributed by atoms with Gasteiger partial charge in [0.05, 0.1) is 0 Å². The molecular formula is C12H20N2S. The fourth-order valence-electron chi connectivity index (χ4n) is 2.06. The van der Waals surface area contributed by atoms with Gasteiger partial charge in [0.25, 0.3) is 0 Å². The Morgan fingerprint density at radius 2 is 2.53 bits per heavy atom. The molecule has 3 heteroatoms. The molecule has 1 fully saturated rings. The van der Waals surface area contributed by atoms with Crippen LogP contribution in [0.2, 0.25) is 0 Å². The van der Waals surface area contributed by atoms with Crippen LogP contribution < -0.4 is 10.6 Å². The summed E-state index contributed by atoms with van der Waals surface area (Å²) in [7, 11) is 0. The van der Waals surface area contributed by atoms with E-state index < -0.39 is 0 Å². The van der Waals surface area contributed by atoms with E-state index in [1.165, 1.54) is 30.7 Å². The summed E-state index contributed by atoms with van der Waals surface area (Å²) in [6.07, 6.45) is 4.05. The number of nitrogens with one attached hydrogen (secondary N) is 2. The number of hydrogen-bond acceptors (Lipinski definition) is 3. The van der Waals surface area contributed by atoms with E-state index in [1.54, 1.807) is 0 Å². The Labute approximate surface area is 96.1 Å². The maximum Gasteiger partial charge on any atom is 0.0386 e. The van der Waals surface area contributed by atoms with E-state index in [9.17, 15) is 0 Å². The third-order valence-corrected chi connectivity index (χ3v) is 4.11. The van der Waals surface area contributed by atoms with Crippen LogP contribution in [0.3, 0.4) is 0 Å². The van der Waals surface area contributed by atoms with Crippen LogP contribution in [0, 0.1) is 0 Å². The first-order valence-electron chi connectivity index (χ1n) is 5.86. The Morgan fingerprint density at radius 1 is 1.60 bits per heavy atom. The van der Waals surface area contributed by atoms with E-state index in [1.807, 2.05) is 11.3 Å². The molecule has 0 aromatic carbocycles. The molecule has 0 radical (unpaired) electrons. The minimum Gasteiger partial charge on any atom is -0.313 e. The van der Waals surface area contributed by atoms with Gasteiger partial charge >= 0.3 is 0 Å². The van der Waals surface area contributed by atoms with Gasteiger partial charge in [0.15, 0.2) is 0 Å². The fourth-order valence-corrected chi connectivity index (χ4v) is 2.81. The van der Waals surface area contributed by atoms with Gasteiger partial charge in [-0.15, -0.1) is 11.3 Å². The molecule has 0 unspecified atom stereocenters. The largest absolute Gasteiger partial charge is 0.313 e. The van der Waals surface area contributed by atoms with Crippen LogP contribution in [0.4, 0.5) is 0 Å². The van der Waals surface area contributed by atoms with Gasteiger partial charge in [0, 0.05) is 23.5 Å². The van der Waals surface area contributed by atoms with Crippen LogP contribution in [-0.4, -0.2) is 19.1 Å². The Hall–Kier alpha value is -0.380. The van der Waals surface area contributed by atoms with Crippen LogP contribution in [0.1, 0.15) is 37.1 Å². The molecule has 2 nitrogen and oxygen atoms in total. The van der Waals surface area contributed by atoms with E-state index in [0.29, 0.717) is 12.1 Å². The minimum atomic E-state index is 0.494. The minimum absolute atomic E-state index is 0.494. The SMILES string of the molecule is C[C@H](NC[C@H]1CCCCN1)c1cccs1. The maximum absolute atomic E-state index is 3.60. The van der Waals surface area contributed by atoms with Crippen LogP contribution in [-0.2, 0) is 0 Å². The fraction of sp³-hybridized carbons (Fsp3) is 0.667. The van der Waals surface area contributed by atoms with Crippen molar-refractivity contribution in [3.63, 3.8) is 0 Å². The summed E-state index contributed by atoms with van der Waals surface area (Å²) < 4.78 is 0. The zero-order valence-electron chi connectivity index (χ0n) is 9.33. The molecule has 0 saturated carbocycles. The van der Waals surface area contributed by atoms with E-state index >= 15 is 0 Å². The standard InChI is InChI=1S/C12H20N2S/c1-10(12-6-4-8-15-12)14-9-11-5-2-3-7-13-11/h4,6,8,10-11,13-14H,2-3,5,7,9H2,1H3/t10-,11+/m0/s1. The molecule has 2 N–H and O–H groups in total. The van der Waals surface area contributed by atoms with Crippen molar-refractivity contribution in [2.24, 2.45) is 0 Å². The number of hydrogen-bond donors (Lipinski definition) is 2. The average molecular weight is 224 g/mol. The van der Waals surface area contributed by atoms with Crippen molar-refractivity contribution in [3.8, 4) is 0 Å². The predicted molar refractivity (Wildman–Crippen MR) is 66.4 cm³/mol. The highest BCUT2D eigenvalue weighted by molar-refractivity contribution is 7.10. The van der Waals surface area contributed by atoms with Gasteiger partial charge < -0.3 is 10.6 Å². The summed E-state index contributed by atoms with van der Waals surface area (Å²) >= 11 is 1.83. The summed E-state index contributed by atoms with van der Waals surface area (Å²) in [5, 5.41) is 9.31. The molecule has 2 heterocycles. The average Bonchev–Trinajstić information content (AvgIpc) is 2.81. The van der Waals surface area contributed by atoms with Gasteiger partial charge in [-0.2, -0.15) is 0 Å². The Bertz CT molecular complexity index is 265. The van der Waals surface area contributed by atoms with Crippen LogP contribution in [0.15, 0.2) is 17.5 Å². The summed E-state index contributed by atoms with van der Waals surface area (Å²) in [6, 6.07) is 5.50. The van der Waals surface area contributed by atoms with Crippen molar-refractivity contribution in [1.82, 2.24) is 10.6 Å². The Kier molecular flexibility index (Phi) is 4.18. The second kappa shape index (κ2) is 5.64. The molecule has 84 valence electrons. The van der Waals surface area contributed by atoms with Crippen molar-refractivity contribution in [2.45, 2.75) is 38.3 Å². The summed E-state index contributed by atoms with van der Waals surface area (Å²) in [5.74, 6) is 0. The highest BCUT2D eigenvalue weighted by Gasteiger charge is 2.13. The molecule has 15 heavy (non-hydrogen) atoms. The zero-order valence-corrected chi connectivity index (χ0v) is 10.1. The normalized spacial score (nSPS) is 23.9. The van der Waals surface area contributed by atoms with Crippen LogP contribution in [0.25, 0.3) is 0 Å². The summed E-state index contributed by atoms with van der Waals surface area (Å²) in [4.78, 5) is 1.44. The smallest absolute Gasteiger partial charge is 0.0386 e. The highest BCUT2D eigenvalue weighted by Crippen LogP contribution is 2.18. The molecule has 1 aromatic heterocycles. The molecule has 2 atom stereocenters. The van der Waals surface area contributed by atoms with E-state index in [0.717, 1.165) is 6.54 Å². The lowest BCUT2D eigenvalue weighted by molar-refractivity contribution is 0.372. The van der Waals surface area contributed by atoms with Crippen molar-refractivity contribution in [2.75, 3.05) is 13.1 Å². The second-order valence-electron chi connectivity index (χ2n) is 4.29. The van der Waals surface area contributed by atoms with Gasteiger partial charge in [-0.05, 0) is 37.8 Å². The Balaban J connectivity index is 1.73. The molecular weight excluding hydrogens is 204 g/mol. The molecule has 0 aliphatic carbocycles. The zero-order chi connectivity index (χ0) is 10.5. The lowest BCUT2D eigenvalue weighted by Gasteiger charge is -2.25. The topological polar surface area (TPSA) is 24.1 Å². The molecule has 2 rings (SSSR count). The lowest BCUT2D eigenvalue weighted by Crippen LogP contribution is -2.42. The van der Waals surface area contributed by atoms with E-state index in [-0.39, 0.29) is 0 Å². The monoisotopic (exact) mass is 224 g/mol. The van der Waals surface area contributed by atoms with Gasteiger partial charge in [0.2, 0.25) is 0 Å². The predicted octanol–water partition coefficient (Wildman–Crippen LogP) is 2.54. The molecule has 1 saturated heterocycles. The van der Waals surface area contributed by atoms with E-state index in [4.69, 9.17) is 0 Å². The molecule has 1 aliphatic heterocycles. The van der Waals surface area contributed by atoms with Crippen molar-refractivity contribution in [1.29, 1.82) is 0 Å². The van der Waals surface area contributed by atoms with Gasteiger partial charge in [0.1, 0.15) is 0 Å². The Morgan fingerprint density at radius 3 is 3.20 bits per heavy atom. The summed E-state index contributed by atoms with van der Waals surface area (Å²) in [6.45, 7) is 4.54. The quantitative estimate of drug-likeness (QED) is 0.821. The third kappa shape index (κ3) is 3.30. The van der Waals surface area contributed by atoms with Crippen LogP contribution in [0.5, 0.6) is 0 Å². The van der Waals surface area contributed by atoms with Crippen molar-refractivity contribution < 1.29 is 0 Å². The number of piperidine rings is 1. The van der Waals surface area contributed by atoms with Gasteiger partial charge in [-0.1, -0.05) is 12.5 Å². The third-order valence-electron chi connectivity index (χ3n) is 3.05. The molecule has 0 spiro atoms.